The fraction of sp³-hybridized carbons (Fsp3) is 1.00. The fourth-order valence-electron chi connectivity index (χ4n) is 0.576. The fourth-order valence-corrected chi connectivity index (χ4v) is 2.36. The van der Waals surface area contributed by atoms with E-state index in [4.69, 9.17) is 0 Å². The molecule has 0 saturated carbocycles. The van der Waals surface area contributed by atoms with Gasteiger partial charge in [-0.15, -0.1) is 0 Å². The summed E-state index contributed by atoms with van der Waals surface area (Å²) in [4.78, 5) is 0. The lowest BCUT2D eigenvalue weighted by Crippen LogP contribution is -2.05. The largest absolute Gasteiger partial charge is 0.175 e. The van der Waals surface area contributed by atoms with E-state index in [0.717, 1.165) is 11.5 Å². The second-order valence-corrected chi connectivity index (χ2v) is 5.20. The molecule has 0 saturated heterocycles. The van der Waals surface area contributed by atoms with Crippen molar-refractivity contribution in [1.29, 1.82) is 0 Å². The molecule has 0 radical (unpaired) electrons. The molecule has 2 unspecified atom stereocenters. The maximum atomic E-state index is 4.42. The Balaban J connectivity index is 3.13. The van der Waals surface area contributed by atoms with Gasteiger partial charge in [0.05, 0.1) is 0 Å². The molecule has 0 aliphatic carbocycles. The minimum absolute atomic E-state index is 0.567. The minimum Gasteiger partial charge on any atom is -0.175 e. The van der Waals surface area contributed by atoms with E-state index >= 15 is 0 Å². The van der Waals surface area contributed by atoms with Crippen molar-refractivity contribution in [3.63, 3.8) is 0 Å². The number of hydrogen-bond donors (Lipinski definition) is 2. The highest BCUT2D eigenvalue weighted by Crippen LogP contribution is 2.14. The van der Waals surface area contributed by atoms with Gasteiger partial charge in [0.2, 0.25) is 0 Å². The number of hydrogen-bond acceptors (Lipinski definition) is 3. The Hall–Kier alpha value is 1.05. The molecule has 11 heavy (non-hydrogen) atoms. The number of thiol groups is 2. The molecule has 0 fully saturated rings. The van der Waals surface area contributed by atoms with Gasteiger partial charge in [-0.05, 0) is 12.8 Å². The molecule has 0 aliphatic rings. The summed E-state index contributed by atoms with van der Waals surface area (Å²) in [6, 6.07) is 0. The van der Waals surface area contributed by atoms with E-state index in [1.807, 2.05) is 11.8 Å². The van der Waals surface area contributed by atoms with Crippen molar-refractivity contribution < 1.29 is 0 Å². The molecule has 68 valence electrons. The predicted molar refractivity (Wildman–Crippen MR) is 63.5 cm³/mol. The van der Waals surface area contributed by atoms with Gasteiger partial charge in [-0.1, -0.05) is 13.8 Å². The number of thioether (sulfide) groups is 1. The predicted octanol–water partition coefficient (Wildman–Crippen LogP) is 3.14. The Morgan fingerprint density at radius 1 is 1.00 bits per heavy atom. The molecule has 0 amide bonds. The Labute approximate surface area is 85.7 Å². The molecule has 0 spiro atoms. The van der Waals surface area contributed by atoms with Crippen molar-refractivity contribution in [2.24, 2.45) is 0 Å². The maximum Gasteiger partial charge on any atom is 0.0105 e. The smallest absolute Gasteiger partial charge is 0.0105 e. The van der Waals surface area contributed by atoms with Crippen LogP contribution < -0.4 is 0 Å². The van der Waals surface area contributed by atoms with E-state index in [1.165, 1.54) is 12.8 Å². The van der Waals surface area contributed by atoms with Crippen LogP contribution in [0.3, 0.4) is 0 Å². The van der Waals surface area contributed by atoms with Crippen LogP contribution in [0.5, 0.6) is 0 Å². The third-order valence-corrected chi connectivity index (χ3v) is 4.43. The first-order chi connectivity index (χ1) is 5.20. The van der Waals surface area contributed by atoms with E-state index in [0.29, 0.717) is 10.5 Å². The van der Waals surface area contributed by atoms with Gasteiger partial charge in [0.1, 0.15) is 0 Å². The molecule has 3 heteroatoms. The zero-order valence-electron chi connectivity index (χ0n) is 7.29. The summed E-state index contributed by atoms with van der Waals surface area (Å²) in [5.41, 5.74) is 0. The standard InChI is InChI=1S/C8H18S3/c1-3-7(9)5-11-6-8(10)4-2/h7-10H,3-6H2,1-2H3. The van der Waals surface area contributed by atoms with Crippen molar-refractivity contribution in [2.45, 2.75) is 37.2 Å². The van der Waals surface area contributed by atoms with Crippen LogP contribution in [0.2, 0.25) is 0 Å². The first-order valence-electron chi connectivity index (χ1n) is 4.14. The molecule has 0 aromatic carbocycles. The molecule has 0 aromatic heterocycles. The van der Waals surface area contributed by atoms with Gasteiger partial charge < -0.3 is 0 Å². The van der Waals surface area contributed by atoms with Crippen LogP contribution in [0, 0.1) is 0 Å². The van der Waals surface area contributed by atoms with E-state index < -0.39 is 0 Å². The quantitative estimate of drug-likeness (QED) is 0.635. The van der Waals surface area contributed by atoms with Crippen molar-refractivity contribution in [3.8, 4) is 0 Å². The maximum absolute atomic E-state index is 4.42. The summed E-state index contributed by atoms with van der Waals surface area (Å²) in [6.45, 7) is 4.35. The Kier molecular flexibility index (Phi) is 8.42. The topological polar surface area (TPSA) is 0 Å². The summed E-state index contributed by atoms with van der Waals surface area (Å²) in [7, 11) is 0. The first-order valence-corrected chi connectivity index (χ1v) is 6.33. The number of rotatable bonds is 6. The van der Waals surface area contributed by atoms with Crippen LogP contribution in [0.15, 0.2) is 0 Å². The monoisotopic (exact) mass is 210 g/mol. The van der Waals surface area contributed by atoms with E-state index in [9.17, 15) is 0 Å². The first kappa shape index (κ1) is 12.0. The molecule has 0 N–H and O–H groups in total. The average molecular weight is 210 g/mol. The van der Waals surface area contributed by atoms with Gasteiger partial charge in [-0.25, -0.2) is 0 Å². The Morgan fingerprint density at radius 2 is 1.36 bits per heavy atom. The lowest BCUT2D eigenvalue weighted by Gasteiger charge is -2.09. The van der Waals surface area contributed by atoms with Crippen LogP contribution >= 0.6 is 37.0 Å². The van der Waals surface area contributed by atoms with Crippen molar-refractivity contribution in [1.82, 2.24) is 0 Å². The van der Waals surface area contributed by atoms with Gasteiger partial charge in [-0.3, -0.25) is 0 Å². The lowest BCUT2D eigenvalue weighted by atomic mass is 10.4. The van der Waals surface area contributed by atoms with Gasteiger partial charge in [-0.2, -0.15) is 37.0 Å². The zero-order valence-corrected chi connectivity index (χ0v) is 9.89. The van der Waals surface area contributed by atoms with Gasteiger partial charge in [0, 0.05) is 22.0 Å². The molecular formula is C8H18S3. The van der Waals surface area contributed by atoms with Crippen molar-refractivity contribution >= 4 is 37.0 Å². The van der Waals surface area contributed by atoms with Crippen LogP contribution in [0.4, 0.5) is 0 Å². The summed E-state index contributed by atoms with van der Waals surface area (Å²) < 4.78 is 0. The highest BCUT2D eigenvalue weighted by atomic mass is 32.2. The Morgan fingerprint density at radius 3 is 1.64 bits per heavy atom. The van der Waals surface area contributed by atoms with Crippen molar-refractivity contribution in [3.05, 3.63) is 0 Å². The summed E-state index contributed by atoms with van der Waals surface area (Å²) in [5.74, 6) is 2.33. The van der Waals surface area contributed by atoms with E-state index in [2.05, 4.69) is 39.1 Å². The van der Waals surface area contributed by atoms with Gasteiger partial charge in [0.15, 0.2) is 0 Å². The van der Waals surface area contributed by atoms with Gasteiger partial charge in [0.25, 0.3) is 0 Å². The lowest BCUT2D eigenvalue weighted by molar-refractivity contribution is 0.907. The summed E-state index contributed by atoms with van der Waals surface area (Å²) in [6.07, 6.45) is 2.33. The summed E-state index contributed by atoms with van der Waals surface area (Å²) >= 11 is 10.8. The molecule has 0 bridgehead atoms. The highest BCUT2D eigenvalue weighted by molar-refractivity contribution is 8.00. The normalized spacial score (nSPS) is 16.4. The molecule has 0 aromatic rings. The second kappa shape index (κ2) is 7.69. The zero-order chi connectivity index (χ0) is 8.69. The molecular weight excluding hydrogens is 192 g/mol. The van der Waals surface area contributed by atoms with E-state index in [1.54, 1.807) is 0 Å². The van der Waals surface area contributed by atoms with Crippen molar-refractivity contribution in [2.75, 3.05) is 11.5 Å². The van der Waals surface area contributed by atoms with Crippen LogP contribution in [0.25, 0.3) is 0 Å². The highest BCUT2D eigenvalue weighted by Gasteiger charge is 2.02. The molecule has 0 nitrogen and oxygen atoms in total. The second-order valence-electron chi connectivity index (χ2n) is 2.66. The van der Waals surface area contributed by atoms with Crippen LogP contribution in [-0.2, 0) is 0 Å². The molecule has 0 heterocycles. The van der Waals surface area contributed by atoms with Crippen LogP contribution in [-0.4, -0.2) is 22.0 Å². The molecule has 2 atom stereocenters. The third kappa shape index (κ3) is 7.41. The SMILES string of the molecule is CCC(S)CSCC(S)CC. The Bertz CT molecular complexity index is 75.4. The third-order valence-electron chi connectivity index (χ3n) is 1.56. The summed E-state index contributed by atoms with van der Waals surface area (Å²) in [5, 5.41) is 1.13. The molecule has 0 rings (SSSR count). The molecule has 0 aliphatic heterocycles. The van der Waals surface area contributed by atoms with Crippen LogP contribution in [0.1, 0.15) is 26.7 Å². The minimum atomic E-state index is 0.567. The van der Waals surface area contributed by atoms with Gasteiger partial charge >= 0.3 is 0 Å². The van der Waals surface area contributed by atoms with E-state index in [-0.39, 0.29) is 0 Å². The average Bonchev–Trinajstić information content (AvgIpc) is 2.04.